The van der Waals surface area contributed by atoms with Crippen LogP contribution in [0.15, 0.2) is 77.7 Å². The lowest BCUT2D eigenvalue weighted by molar-refractivity contribution is -0.122. The molecule has 0 unspecified atom stereocenters. The van der Waals surface area contributed by atoms with Crippen molar-refractivity contribution in [2.24, 2.45) is 0 Å². The average Bonchev–Trinajstić information content (AvgIpc) is 2.79. The average molecular weight is 459 g/mol. The van der Waals surface area contributed by atoms with Crippen LogP contribution in [0.1, 0.15) is 0 Å². The van der Waals surface area contributed by atoms with Crippen LogP contribution in [0.4, 0.5) is 11.4 Å². The fourth-order valence-corrected chi connectivity index (χ4v) is 4.80. The lowest BCUT2D eigenvalue weighted by Crippen LogP contribution is -2.48. The van der Waals surface area contributed by atoms with Gasteiger partial charge >= 0.3 is 0 Å². The molecule has 4 rings (SSSR count). The fraction of sp³-hybridized carbons (Fsp3) is 0.136. The summed E-state index contributed by atoms with van der Waals surface area (Å²) in [4.78, 5) is 12.9. The third-order valence-electron chi connectivity index (χ3n) is 4.79. The van der Waals surface area contributed by atoms with Gasteiger partial charge in [-0.2, -0.15) is 0 Å². The van der Waals surface area contributed by atoms with Gasteiger partial charge in [-0.15, -0.1) is 0 Å². The lowest BCUT2D eigenvalue weighted by Gasteiger charge is -2.34. The zero-order valence-electron chi connectivity index (χ0n) is 16.5. The zero-order valence-corrected chi connectivity index (χ0v) is 18.1. The summed E-state index contributed by atoms with van der Waals surface area (Å²) in [6.07, 6.45) is -1.04. The van der Waals surface area contributed by atoms with Crippen molar-refractivity contribution in [3.05, 3.63) is 77.8 Å². The molecule has 31 heavy (non-hydrogen) atoms. The summed E-state index contributed by atoms with van der Waals surface area (Å²) >= 11 is 5.88. The second kappa shape index (κ2) is 8.49. The standard InChI is InChI=1S/C22H19ClN2O5S/c1-29-17-10-12-18(13-11-17)31(27,28)25-14-21(30-20-5-3-2-4-19(20)25)22(26)24-16-8-6-15(23)7-9-16/h2-13,21H,14H2,1H3,(H,24,26)/t21-/m0/s1. The molecule has 0 aliphatic carbocycles. The molecule has 0 spiro atoms. The number of nitrogens with zero attached hydrogens (tertiary/aromatic N) is 1. The van der Waals surface area contributed by atoms with Crippen LogP contribution in [0.3, 0.4) is 0 Å². The third kappa shape index (κ3) is 4.30. The number of halogens is 1. The zero-order chi connectivity index (χ0) is 22.0. The molecule has 0 aromatic heterocycles. The summed E-state index contributed by atoms with van der Waals surface area (Å²) in [6, 6.07) is 19.4. The first kappa shape index (κ1) is 21.0. The van der Waals surface area contributed by atoms with Gasteiger partial charge in [0, 0.05) is 10.7 Å². The number of methoxy groups -OCH3 is 1. The Hall–Kier alpha value is -3.23. The van der Waals surface area contributed by atoms with Gasteiger partial charge in [0.25, 0.3) is 15.9 Å². The topological polar surface area (TPSA) is 84.9 Å². The van der Waals surface area contributed by atoms with Crippen molar-refractivity contribution in [1.29, 1.82) is 0 Å². The Morgan fingerprint density at radius 3 is 2.42 bits per heavy atom. The number of carbonyl (C=O) groups is 1. The van der Waals surface area contributed by atoms with Crippen molar-refractivity contribution in [2.45, 2.75) is 11.0 Å². The summed E-state index contributed by atoms with van der Waals surface area (Å²) in [5.74, 6) is 0.385. The Balaban J connectivity index is 1.65. The van der Waals surface area contributed by atoms with Gasteiger partial charge in [-0.1, -0.05) is 23.7 Å². The second-order valence-electron chi connectivity index (χ2n) is 6.78. The van der Waals surface area contributed by atoms with Crippen LogP contribution in [-0.4, -0.2) is 34.1 Å². The molecule has 1 aliphatic rings. The predicted octanol–water partition coefficient (Wildman–Crippen LogP) is 3.94. The number of hydrogen-bond acceptors (Lipinski definition) is 5. The van der Waals surface area contributed by atoms with Gasteiger partial charge in [-0.25, -0.2) is 8.42 Å². The first-order chi connectivity index (χ1) is 14.9. The molecule has 1 aliphatic heterocycles. The molecule has 0 bridgehead atoms. The van der Waals surface area contributed by atoms with Crippen molar-refractivity contribution in [3.8, 4) is 11.5 Å². The SMILES string of the molecule is COc1ccc(S(=O)(=O)N2C[C@@H](C(=O)Nc3ccc(Cl)cc3)Oc3ccccc32)cc1. The minimum absolute atomic E-state index is 0.0851. The Kier molecular flexibility index (Phi) is 5.75. The Morgan fingerprint density at radius 1 is 1.06 bits per heavy atom. The summed E-state index contributed by atoms with van der Waals surface area (Å²) in [5.41, 5.74) is 0.898. The minimum atomic E-state index is -3.94. The predicted molar refractivity (Wildman–Crippen MR) is 118 cm³/mol. The summed E-state index contributed by atoms with van der Waals surface area (Å²) in [5, 5.41) is 3.28. The fourth-order valence-electron chi connectivity index (χ4n) is 3.20. The molecule has 7 nitrogen and oxygen atoms in total. The summed E-state index contributed by atoms with van der Waals surface area (Å²) < 4.78 is 38.9. The van der Waals surface area contributed by atoms with Crippen molar-refractivity contribution in [1.82, 2.24) is 0 Å². The van der Waals surface area contributed by atoms with E-state index in [1.165, 1.54) is 23.5 Å². The molecule has 0 saturated heterocycles. The van der Waals surface area contributed by atoms with E-state index >= 15 is 0 Å². The number of rotatable bonds is 5. The Morgan fingerprint density at radius 2 is 1.74 bits per heavy atom. The highest BCUT2D eigenvalue weighted by Gasteiger charge is 2.37. The second-order valence-corrected chi connectivity index (χ2v) is 9.08. The van der Waals surface area contributed by atoms with Gasteiger partial charge in [0.15, 0.2) is 6.10 Å². The normalized spacial score (nSPS) is 15.5. The molecule has 1 atom stereocenters. The maximum absolute atomic E-state index is 13.4. The molecule has 0 saturated carbocycles. The van der Waals surface area contributed by atoms with E-state index in [4.69, 9.17) is 21.1 Å². The summed E-state index contributed by atoms with van der Waals surface area (Å²) in [7, 11) is -2.44. The van der Waals surface area contributed by atoms with Gasteiger partial charge in [0.2, 0.25) is 0 Å². The van der Waals surface area contributed by atoms with Gasteiger partial charge < -0.3 is 14.8 Å². The van der Waals surface area contributed by atoms with E-state index in [2.05, 4.69) is 5.32 Å². The monoisotopic (exact) mass is 458 g/mol. The minimum Gasteiger partial charge on any atom is -0.497 e. The first-order valence-corrected chi connectivity index (χ1v) is 11.2. The summed E-state index contributed by atoms with van der Waals surface area (Å²) in [6.45, 7) is -0.176. The van der Waals surface area contributed by atoms with Gasteiger partial charge in [0.05, 0.1) is 24.2 Å². The largest absolute Gasteiger partial charge is 0.497 e. The van der Waals surface area contributed by atoms with Crippen LogP contribution in [0.5, 0.6) is 11.5 Å². The van der Waals surface area contributed by atoms with E-state index < -0.39 is 22.0 Å². The van der Waals surface area contributed by atoms with E-state index in [0.717, 1.165) is 0 Å². The number of fused-ring (bicyclic) bond motifs is 1. The molecule has 160 valence electrons. The number of para-hydroxylation sites is 2. The molecule has 3 aromatic carbocycles. The number of sulfonamides is 1. The number of carbonyl (C=O) groups excluding carboxylic acids is 1. The van der Waals surface area contributed by atoms with Crippen molar-refractivity contribution in [2.75, 3.05) is 23.3 Å². The quantitative estimate of drug-likeness (QED) is 0.626. The number of amides is 1. The number of hydrogen-bond donors (Lipinski definition) is 1. The first-order valence-electron chi connectivity index (χ1n) is 9.37. The van der Waals surface area contributed by atoms with Gasteiger partial charge in [-0.05, 0) is 60.7 Å². The molecule has 1 N–H and O–H groups in total. The van der Waals surface area contributed by atoms with Crippen molar-refractivity contribution in [3.63, 3.8) is 0 Å². The molecule has 9 heteroatoms. The number of anilines is 2. The van der Waals surface area contributed by atoms with Crippen LogP contribution in [-0.2, 0) is 14.8 Å². The van der Waals surface area contributed by atoms with Crippen molar-refractivity contribution < 1.29 is 22.7 Å². The smallest absolute Gasteiger partial charge is 0.267 e. The van der Waals surface area contributed by atoms with Crippen LogP contribution in [0.2, 0.25) is 5.02 Å². The number of ether oxygens (including phenoxy) is 2. The third-order valence-corrected chi connectivity index (χ3v) is 6.83. The number of benzene rings is 3. The molecular formula is C22H19ClN2O5S. The Bertz CT molecular complexity index is 1200. The Labute approximate surface area is 185 Å². The van der Waals surface area contributed by atoms with E-state index in [0.29, 0.717) is 27.9 Å². The van der Waals surface area contributed by atoms with E-state index in [-0.39, 0.29) is 11.4 Å². The van der Waals surface area contributed by atoms with E-state index in [1.54, 1.807) is 60.7 Å². The van der Waals surface area contributed by atoms with E-state index in [1.807, 2.05) is 0 Å². The van der Waals surface area contributed by atoms with Crippen LogP contribution in [0.25, 0.3) is 0 Å². The van der Waals surface area contributed by atoms with Gasteiger partial charge in [0.1, 0.15) is 11.5 Å². The molecule has 1 amide bonds. The molecular weight excluding hydrogens is 440 g/mol. The highest BCUT2D eigenvalue weighted by molar-refractivity contribution is 7.92. The van der Waals surface area contributed by atoms with Crippen LogP contribution in [0, 0.1) is 0 Å². The highest BCUT2D eigenvalue weighted by atomic mass is 35.5. The maximum Gasteiger partial charge on any atom is 0.267 e. The molecule has 0 fully saturated rings. The van der Waals surface area contributed by atoms with Gasteiger partial charge in [-0.3, -0.25) is 9.10 Å². The molecule has 1 heterocycles. The molecule has 0 radical (unpaired) electrons. The van der Waals surface area contributed by atoms with Crippen LogP contribution >= 0.6 is 11.6 Å². The van der Waals surface area contributed by atoms with Crippen LogP contribution < -0.4 is 19.1 Å². The lowest BCUT2D eigenvalue weighted by atomic mass is 10.2. The maximum atomic E-state index is 13.4. The number of nitrogens with one attached hydrogen (secondary N) is 1. The van der Waals surface area contributed by atoms with Crippen molar-refractivity contribution >= 4 is 38.9 Å². The van der Waals surface area contributed by atoms with E-state index in [9.17, 15) is 13.2 Å². The molecule has 3 aromatic rings. The highest BCUT2D eigenvalue weighted by Crippen LogP contribution is 2.37.